The fourth-order valence-corrected chi connectivity index (χ4v) is 3.25. The third-order valence-corrected chi connectivity index (χ3v) is 4.34. The molecule has 0 aliphatic carbocycles. The number of carbonyl (C=O) groups is 1. The van der Waals surface area contributed by atoms with Crippen LogP contribution in [0.5, 0.6) is 5.75 Å². The molecule has 2 N–H and O–H groups in total. The van der Waals surface area contributed by atoms with Crippen molar-refractivity contribution in [2.75, 3.05) is 13.7 Å². The van der Waals surface area contributed by atoms with E-state index < -0.39 is 0 Å². The van der Waals surface area contributed by atoms with Crippen LogP contribution in [0.4, 0.5) is 0 Å². The lowest BCUT2D eigenvalue weighted by Gasteiger charge is -2.37. The van der Waals surface area contributed by atoms with Crippen LogP contribution in [0, 0.1) is 0 Å². The Labute approximate surface area is 124 Å². The number of likely N-dealkylation sites (tertiary alicyclic amines) is 1. The Morgan fingerprint density at radius 1 is 1.58 bits per heavy atom. The molecule has 1 amide bonds. The lowest BCUT2D eigenvalue weighted by molar-refractivity contribution is 0.0588. The number of methoxy groups -OCH3 is 1. The number of thiophene rings is 1. The SMILES string of the molecule is COc1csc(C(=O)N2CCCCC2C(C)N)c1.Cl. The van der Waals surface area contributed by atoms with Crippen molar-refractivity contribution >= 4 is 29.7 Å². The molecular weight excluding hydrogens is 284 g/mol. The van der Waals surface area contributed by atoms with E-state index in [2.05, 4.69) is 0 Å². The van der Waals surface area contributed by atoms with Crippen molar-refractivity contribution in [1.82, 2.24) is 4.90 Å². The largest absolute Gasteiger partial charge is 0.496 e. The van der Waals surface area contributed by atoms with Crippen LogP contribution >= 0.6 is 23.7 Å². The quantitative estimate of drug-likeness (QED) is 0.933. The van der Waals surface area contributed by atoms with Gasteiger partial charge in [0, 0.05) is 30.1 Å². The predicted octanol–water partition coefficient (Wildman–Crippen LogP) is 2.52. The summed E-state index contributed by atoms with van der Waals surface area (Å²) in [6.07, 6.45) is 3.23. The van der Waals surface area contributed by atoms with Crippen LogP contribution in [0.2, 0.25) is 0 Å². The summed E-state index contributed by atoms with van der Waals surface area (Å²) in [6, 6.07) is 2.00. The van der Waals surface area contributed by atoms with Crippen molar-refractivity contribution in [3.63, 3.8) is 0 Å². The van der Waals surface area contributed by atoms with Crippen molar-refractivity contribution in [3.8, 4) is 5.75 Å². The number of rotatable bonds is 3. The zero-order chi connectivity index (χ0) is 13.1. The summed E-state index contributed by atoms with van der Waals surface area (Å²) >= 11 is 1.43. The lowest BCUT2D eigenvalue weighted by atomic mass is 9.97. The highest BCUT2D eigenvalue weighted by Gasteiger charge is 2.30. The first-order valence-corrected chi connectivity index (χ1v) is 7.20. The number of hydrogen-bond donors (Lipinski definition) is 1. The second-order valence-corrected chi connectivity index (χ2v) is 5.68. The van der Waals surface area contributed by atoms with E-state index >= 15 is 0 Å². The van der Waals surface area contributed by atoms with Gasteiger partial charge in [-0.2, -0.15) is 0 Å². The Balaban J connectivity index is 0.00000180. The van der Waals surface area contributed by atoms with Gasteiger partial charge in [0.05, 0.1) is 12.0 Å². The van der Waals surface area contributed by atoms with Gasteiger partial charge in [0.15, 0.2) is 0 Å². The number of amides is 1. The molecule has 6 heteroatoms. The van der Waals surface area contributed by atoms with Gasteiger partial charge in [-0.25, -0.2) is 0 Å². The summed E-state index contributed by atoms with van der Waals surface area (Å²) in [6.45, 7) is 2.79. The van der Waals surface area contributed by atoms with Crippen LogP contribution in [0.15, 0.2) is 11.4 Å². The molecule has 108 valence electrons. The molecule has 2 heterocycles. The minimum absolute atomic E-state index is 0. The van der Waals surface area contributed by atoms with Crippen LogP contribution in [0.3, 0.4) is 0 Å². The van der Waals surface area contributed by atoms with Crippen LogP contribution < -0.4 is 10.5 Å². The zero-order valence-corrected chi connectivity index (χ0v) is 12.9. The average Bonchev–Trinajstić information content (AvgIpc) is 2.86. The standard InChI is InChI=1S/C13H20N2O2S.ClH/c1-9(14)11-5-3-4-6-15(11)13(16)12-7-10(17-2)8-18-12;/h7-9,11H,3-6,14H2,1-2H3;1H. The van der Waals surface area contributed by atoms with Crippen molar-refractivity contribution in [2.45, 2.75) is 38.3 Å². The highest BCUT2D eigenvalue weighted by molar-refractivity contribution is 7.12. The molecule has 1 fully saturated rings. The number of ether oxygens (including phenoxy) is 1. The molecule has 4 nitrogen and oxygen atoms in total. The van der Waals surface area contributed by atoms with Crippen molar-refractivity contribution in [2.24, 2.45) is 5.73 Å². The van der Waals surface area contributed by atoms with E-state index in [1.807, 2.05) is 17.2 Å². The van der Waals surface area contributed by atoms with E-state index in [0.29, 0.717) is 0 Å². The number of piperidine rings is 1. The first-order chi connectivity index (χ1) is 8.63. The topological polar surface area (TPSA) is 55.6 Å². The molecule has 1 aromatic rings. The van der Waals surface area contributed by atoms with Crippen molar-refractivity contribution < 1.29 is 9.53 Å². The third-order valence-electron chi connectivity index (χ3n) is 3.44. The Hall–Kier alpha value is -0.780. The summed E-state index contributed by atoms with van der Waals surface area (Å²) in [4.78, 5) is 15.1. The molecule has 0 radical (unpaired) electrons. The van der Waals surface area contributed by atoms with Crippen molar-refractivity contribution in [3.05, 3.63) is 16.3 Å². The summed E-state index contributed by atoms with van der Waals surface area (Å²) in [7, 11) is 1.61. The van der Waals surface area contributed by atoms with Gasteiger partial charge in [0.1, 0.15) is 5.75 Å². The Bertz CT molecular complexity index is 423. The summed E-state index contributed by atoms with van der Waals surface area (Å²) in [5.74, 6) is 0.836. The normalized spacial score (nSPS) is 20.6. The molecule has 2 atom stereocenters. The fourth-order valence-electron chi connectivity index (χ4n) is 2.44. The van der Waals surface area contributed by atoms with Gasteiger partial charge in [-0.3, -0.25) is 4.79 Å². The number of nitrogens with two attached hydrogens (primary N) is 1. The van der Waals surface area contributed by atoms with E-state index in [9.17, 15) is 4.79 Å². The second kappa shape index (κ2) is 7.12. The molecule has 0 aromatic carbocycles. The molecule has 19 heavy (non-hydrogen) atoms. The summed E-state index contributed by atoms with van der Waals surface area (Å²) < 4.78 is 5.12. The molecule has 2 unspecified atom stereocenters. The smallest absolute Gasteiger partial charge is 0.264 e. The summed E-state index contributed by atoms with van der Waals surface area (Å²) in [5, 5.41) is 1.86. The number of hydrogen-bond acceptors (Lipinski definition) is 4. The molecule has 1 saturated heterocycles. The van der Waals surface area contributed by atoms with E-state index in [1.165, 1.54) is 11.3 Å². The minimum Gasteiger partial charge on any atom is -0.496 e. The molecule has 0 bridgehead atoms. The molecule has 0 saturated carbocycles. The van der Waals surface area contributed by atoms with Gasteiger partial charge in [-0.1, -0.05) is 0 Å². The highest BCUT2D eigenvalue weighted by Crippen LogP contribution is 2.26. The number of carbonyl (C=O) groups excluding carboxylic acids is 1. The van der Waals surface area contributed by atoms with Crippen LogP contribution in [-0.4, -0.2) is 36.5 Å². The molecule has 0 spiro atoms. The van der Waals surface area contributed by atoms with Gasteiger partial charge in [-0.05, 0) is 26.2 Å². The maximum absolute atomic E-state index is 12.5. The second-order valence-electron chi connectivity index (χ2n) is 4.77. The van der Waals surface area contributed by atoms with Gasteiger partial charge < -0.3 is 15.4 Å². The zero-order valence-electron chi connectivity index (χ0n) is 11.3. The number of halogens is 1. The van der Waals surface area contributed by atoms with E-state index in [0.717, 1.165) is 36.4 Å². The maximum atomic E-state index is 12.5. The average molecular weight is 305 g/mol. The lowest BCUT2D eigenvalue weighted by Crippen LogP contribution is -2.51. The fraction of sp³-hybridized carbons (Fsp3) is 0.615. The monoisotopic (exact) mass is 304 g/mol. The third kappa shape index (κ3) is 3.61. The van der Waals surface area contributed by atoms with Crippen LogP contribution in [0.1, 0.15) is 35.9 Å². The molecule has 1 aliphatic heterocycles. The molecule has 1 aromatic heterocycles. The Morgan fingerprint density at radius 2 is 2.32 bits per heavy atom. The van der Waals surface area contributed by atoms with Gasteiger partial charge in [-0.15, -0.1) is 23.7 Å². The van der Waals surface area contributed by atoms with Crippen LogP contribution in [-0.2, 0) is 0 Å². The van der Waals surface area contributed by atoms with E-state index in [-0.39, 0.29) is 30.4 Å². The molecular formula is C13H21ClN2O2S. The maximum Gasteiger partial charge on any atom is 0.264 e. The van der Waals surface area contributed by atoms with Gasteiger partial charge >= 0.3 is 0 Å². The molecule has 2 rings (SSSR count). The van der Waals surface area contributed by atoms with E-state index in [4.69, 9.17) is 10.5 Å². The van der Waals surface area contributed by atoms with Crippen LogP contribution in [0.25, 0.3) is 0 Å². The predicted molar refractivity (Wildman–Crippen MR) is 80.4 cm³/mol. The number of nitrogens with zero attached hydrogens (tertiary/aromatic N) is 1. The highest BCUT2D eigenvalue weighted by atomic mass is 35.5. The van der Waals surface area contributed by atoms with Gasteiger partial charge in [0.2, 0.25) is 0 Å². The van der Waals surface area contributed by atoms with E-state index in [1.54, 1.807) is 13.2 Å². The minimum atomic E-state index is 0. The summed E-state index contributed by atoms with van der Waals surface area (Å²) in [5.41, 5.74) is 5.99. The van der Waals surface area contributed by atoms with Gasteiger partial charge in [0.25, 0.3) is 5.91 Å². The Morgan fingerprint density at radius 3 is 2.89 bits per heavy atom. The molecule has 1 aliphatic rings. The van der Waals surface area contributed by atoms with Crippen molar-refractivity contribution in [1.29, 1.82) is 0 Å². The first kappa shape index (κ1) is 16.3. The first-order valence-electron chi connectivity index (χ1n) is 6.32. The Kier molecular flexibility index (Phi) is 6.10.